The molecular weight excluding hydrogens is 222 g/mol. The third-order valence-electron chi connectivity index (χ3n) is 0.393. The van der Waals surface area contributed by atoms with Gasteiger partial charge in [-0.15, -0.1) is 0 Å². The molecule has 0 unspecified atom stereocenters. The van der Waals surface area contributed by atoms with Crippen molar-refractivity contribution >= 4 is 29.6 Å². The molecule has 0 fully saturated rings. The maximum atomic E-state index is 8.78. The minimum absolute atomic E-state index is 1.77. The van der Waals surface area contributed by atoms with Crippen LogP contribution in [-0.4, -0.2) is 33.2 Å². The Morgan fingerprint density at radius 3 is 1.67 bits per heavy atom. The van der Waals surface area contributed by atoms with Crippen LogP contribution in [-0.2, 0) is 4.21 Å². The van der Waals surface area contributed by atoms with Gasteiger partial charge in [-0.05, 0) is 0 Å². The normalized spacial score (nSPS) is 13.9. The van der Waals surface area contributed by atoms with E-state index in [4.69, 9.17) is 14.0 Å². The molecule has 0 atom stereocenters. The van der Waals surface area contributed by atoms with Gasteiger partial charge >= 0.3 is 63.2 Å². The Morgan fingerprint density at radius 2 is 1.67 bits per heavy atom. The molecule has 6 heteroatoms. The van der Waals surface area contributed by atoms with Crippen molar-refractivity contribution in [3.8, 4) is 0 Å². The first-order chi connectivity index (χ1) is 3.71. The van der Waals surface area contributed by atoms with Gasteiger partial charge in [0.25, 0.3) is 0 Å². The molecule has 0 aliphatic heterocycles. The molecule has 3 nitrogen and oxygen atoms in total. The minimum atomic E-state index is -3.10. The predicted molar refractivity (Wildman–Crippen MR) is 41.5 cm³/mol. The molecule has 9 heavy (non-hydrogen) atoms. The van der Waals surface area contributed by atoms with E-state index in [1.165, 1.54) is 0 Å². The average molecular weight is 233 g/mol. The van der Waals surface area contributed by atoms with Crippen LogP contribution in [0.2, 0.25) is 19.6 Å². The van der Waals surface area contributed by atoms with Gasteiger partial charge in [0.1, 0.15) is 0 Å². The topological polar surface area (TPSA) is 49.7 Å². The summed E-state index contributed by atoms with van der Waals surface area (Å²) in [6.45, 7) is 5.68. The molecular formula is C3H11O3PSeSi. The van der Waals surface area contributed by atoms with E-state index in [9.17, 15) is 0 Å². The SMILES string of the molecule is C[Si](C)(C)OP(O)(O)=[Se]. The summed E-state index contributed by atoms with van der Waals surface area (Å²) in [7, 11) is -1.77. The summed E-state index contributed by atoms with van der Waals surface area (Å²) in [5.74, 6) is 0. The van der Waals surface area contributed by atoms with Crippen molar-refractivity contribution < 1.29 is 14.0 Å². The predicted octanol–water partition coefficient (Wildman–Crippen LogP) is 0.669. The molecule has 0 aliphatic carbocycles. The zero-order chi connectivity index (χ0) is 7.71. The van der Waals surface area contributed by atoms with E-state index < -0.39 is 14.5 Å². The van der Waals surface area contributed by atoms with Crippen molar-refractivity contribution in [2.45, 2.75) is 19.6 Å². The van der Waals surface area contributed by atoms with Gasteiger partial charge < -0.3 is 0 Å². The standard InChI is InChI=1S/C3H11O3PSeSi/c1-9(2,3)6-7(4,5)8/h1-3H3,(H2,4,5,8). The molecule has 0 aliphatic rings. The Balaban J connectivity index is 3.90. The van der Waals surface area contributed by atoms with Gasteiger partial charge in [-0.25, -0.2) is 0 Å². The molecule has 0 aromatic rings. The van der Waals surface area contributed by atoms with Gasteiger partial charge in [-0.3, -0.25) is 0 Å². The Morgan fingerprint density at radius 1 is 1.33 bits per heavy atom. The molecule has 0 spiro atoms. The van der Waals surface area contributed by atoms with Crippen molar-refractivity contribution in [2.75, 3.05) is 0 Å². The van der Waals surface area contributed by atoms with Gasteiger partial charge in [0.05, 0.1) is 0 Å². The molecule has 2 N–H and O–H groups in total. The van der Waals surface area contributed by atoms with Gasteiger partial charge in [0.2, 0.25) is 0 Å². The molecule has 0 rings (SSSR count). The summed E-state index contributed by atoms with van der Waals surface area (Å²) < 4.78 is 4.93. The van der Waals surface area contributed by atoms with Crippen LogP contribution in [0.25, 0.3) is 0 Å². The van der Waals surface area contributed by atoms with Gasteiger partial charge in [-0.2, -0.15) is 0 Å². The van der Waals surface area contributed by atoms with Crippen molar-refractivity contribution in [3.63, 3.8) is 0 Å². The molecule has 0 aromatic carbocycles. The van der Waals surface area contributed by atoms with Crippen LogP contribution in [0.15, 0.2) is 0 Å². The van der Waals surface area contributed by atoms with Crippen molar-refractivity contribution in [2.24, 2.45) is 0 Å². The molecule has 0 bridgehead atoms. The monoisotopic (exact) mass is 234 g/mol. The fourth-order valence-corrected chi connectivity index (χ4v) is 7.43. The van der Waals surface area contributed by atoms with Crippen LogP contribution in [0.5, 0.6) is 0 Å². The van der Waals surface area contributed by atoms with Crippen LogP contribution in [0.4, 0.5) is 0 Å². The van der Waals surface area contributed by atoms with Crippen molar-refractivity contribution in [1.29, 1.82) is 0 Å². The molecule has 0 heterocycles. The number of rotatable bonds is 2. The van der Waals surface area contributed by atoms with E-state index >= 15 is 0 Å². The summed E-state index contributed by atoms with van der Waals surface area (Å²) in [6.07, 6.45) is -3.10. The molecule has 0 saturated heterocycles. The molecule has 0 saturated carbocycles. The Kier molecular flexibility index (Phi) is 3.31. The third kappa shape index (κ3) is 9.05. The number of hydrogen-bond acceptors (Lipinski definition) is 3. The van der Waals surface area contributed by atoms with Crippen LogP contribution < -0.4 is 0 Å². The zero-order valence-corrected chi connectivity index (χ0v) is 9.27. The van der Waals surface area contributed by atoms with Crippen molar-refractivity contribution in [1.82, 2.24) is 0 Å². The van der Waals surface area contributed by atoms with Crippen LogP contribution in [0, 0.1) is 0 Å². The van der Waals surface area contributed by atoms with Gasteiger partial charge in [0.15, 0.2) is 0 Å². The van der Waals surface area contributed by atoms with E-state index in [1.54, 1.807) is 0 Å². The molecule has 0 amide bonds. The number of hydrogen-bond donors (Lipinski definition) is 2. The van der Waals surface area contributed by atoms with E-state index in [2.05, 4.69) is 15.1 Å². The molecule has 0 radical (unpaired) electrons. The molecule has 56 valence electrons. The van der Waals surface area contributed by atoms with E-state index in [-0.39, 0.29) is 0 Å². The first-order valence-electron chi connectivity index (χ1n) is 2.47. The summed E-state index contributed by atoms with van der Waals surface area (Å²) in [6, 6.07) is 0. The second-order valence-corrected chi connectivity index (χ2v) is 11.6. The second-order valence-electron chi connectivity index (χ2n) is 2.69. The fourth-order valence-electron chi connectivity index (χ4n) is 0.357. The Labute approximate surface area is 63.6 Å². The molecule has 0 aromatic heterocycles. The van der Waals surface area contributed by atoms with Gasteiger partial charge in [0, 0.05) is 0 Å². The van der Waals surface area contributed by atoms with E-state index in [1.807, 2.05) is 19.6 Å². The third-order valence-corrected chi connectivity index (χ3v) is 4.94. The average Bonchev–Trinajstić information content (AvgIpc) is 1.14. The summed E-state index contributed by atoms with van der Waals surface area (Å²) >= 11 is 2.21. The van der Waals surface area contributed by atoms with Crippen LogP contribution in [0.1, 0.15) is 0 Å². The van der Waals surface area contributed by atoms with Crippen molar-refractivity contribution in [3.05, 3.63) is 0 Å². The van der Waals surface area contributed by atoms with E-state index in [0.717, 1.165) is 0 Å². The summed E-state index contributed by atoms with van der Waals surface area (Å²) in [5, 5.41) is 0. The Bertz CT molecular complexity index is 136. The summed E-state index contributed by atoms with van der Waals surface area (Å²) in [4.78, 5) is 17.6. The Hall–Kier alpha value is 1.05. The quantitative estimate of drug-likeness (QED) is 0.544. The zero-order valence-electron chi connectivity index (χ0n) is 5.66. The fraction of sp³-hybridized carbons (Fsp3) is 1.00. The van der Waals surface area contributed by atoms with Crippen LogP contribution in [0.3, 0.4) is 0 Å². The van der Waals surface area contributed by atoms with Gasteiger partial charge in [-0.1, -0.05) is 0 Å². The van der Waals surface area contributed by atoms with Crippen LogP contribution >= 0.6 is 6.19 Å². The maximum absolute atomic E-state index is 8.78. The first kappa shape index (κ1) is 10.0. The first-order valence-corrected chi connectivity index (χ1v) is 9.71. The second kappa shape index (κ2) is 2.97. The van der Waals surface area contributed by atoms with E-state index in [0.29, 0.717) is 0 Å². The summed E-state index contributed by atoms with van der Waals surface area (Å²) in [5.41, 5.74) is 0.